The minimum Gasteiger partial charge on any atom is -0.497 e. The summed E-state index contributed by atoms with van der Waals surface area (Å²) in [7, 11) is 1.45. The molecule has 4 nitrogen and oxygen atoms in total. The lowest BCUT2D eigenvalue weighted by molar-refractivity contribution is 0.0698. The van der Waals surface area contributed by atoms with Gasteiger partial charge in [0.25, 0.3) is 0 Å². The van der Waals surface area contributed by atoms with Crippen molar-refractivity contribution in [2.45, 2.75) is 6.54 Å². The second-order valence-electron chi connectivity index (χ2n) is 6.16. The topological polar surface area (TPSA) is 51.5 Å². The van der Waals surface area contributed by atoms with Gasteiger partial charge in [-0.1, -0.05) is 36.4 Å². The van der Waals surface area contributed by atoms with E-state index in [4.69, 9.17) is 4.74 Å². The first-order valence-electron chi connectivity index (χ1n) is 8.14. The summed E-state index contributed by atoms with van der Waals surface area (Å²) in [6.45, 7) is 0.432. The van der Waals surface area contributed by atoms with Crippen LogP contribution in [-0.2, 0) is 6.54 Å². The van der Waals surface area contributed by atoms with Crippen molar-refractivity contribution < 1.29 is 19.0 Å². The second kappa shape index (κ2) is 6.19. The zero-order valence-electron chi connectivity index (χ0n) is 14.1. The van der Waals surface area contributed by atoms with Crippen LogP contribution < -0.4 is 4.74 Å². The third-order valence-electron chi connectivity index (χ3n) is 4.54. The average Bonchev–Trinajstić information content (AvgIpc) is 3.01. The molecule has 0 aliphatic rings. The Morgan fingerprint density at radius 1 is 1.12 bits per heavy atom. The Bertz CT molecular complexity index is 1150. The molecule has 130 valence electrons. The van der Waals surface area contributed by atoms with Gasteiger partial charge in [0.15, 0.2) is 0 Å². The Morgan fingerprint density at radius 2 is 1.88 bits per heavy atom. The van der Waals surface area contributed by atoms with E-state index in [0.717, 1.165) is 16.3 Å². The number of hydrogen-bond acceptors (Lipinski definition) is 2. The fourth-order valence-electron chi connectivity index (χ4n) is 3.30. The maximum Gasteiger partial charge on any atom is 0.337 e. The minimum absolute atomic E-state index is 0.0547. The van der Waals surface area contributed by atoms with E-state index in [1.54, 1.807) is 10.6 Å². The number of carboxylic acid groups (broad SMARTS) is 1. The van der Waals surface area contributed by atoms with Crippen LogP contribution in [0, 0.1) is 5.82 Å². The van der Waals surface area contributed by atoms with Crippen molar-refractivity contribution in [3.8, 4) is 5.75 Å². The lowest BCUT2D eigenvalue weighted by Gasteiger charge is -2.08. The van der Waals surface area contributed by atoms with Crippen LogP contribution in [0.4, 0.5) is 4.39 Å². The van der Waals surface area contributed by atoms with Crippen LogP contribution in [0.3, 0.4) is 0 Å². The normalized spacial score (nSPS) is 11.2. The molecule has 3 aromatic carbocycles. The van der Waals surface area contributed by atoms with E-state index in [9.17, 15) is 14.3 Å². The number of carboxylic acids is 1. The Morgan fingerprint density at radius 3 is 2.62 bits per heavy atom. The van der Waals surface area contributed by atoms with E-state index in [1.165, 1.54) is 19.4 Å². The summed E-state index contributed by atoms with van der Waals surface area (Å²) in [6.07, 6.45) is 1.48. The first-order valence-corrected chi connectivity index (χ1v) is 8.14. The molecule has 0 amide bonds. The van der Waals surface area contributed by atoms with Gasteiger partial charge in [-0.2, -0.15) is 0 Å². The number of aromatic carboxylic acids is 1. The van der Waals surface area contributed by atoms with Gasteiger partial charge in [-0.15, -0.1) is 0 Å². The molecule has 0 bridgehead atoms. The average molecular weight is 349 g/mol. The monoisotopic (exact) mass is 349 g/mol. The highest BCUT2D eigenvalue weighted by atomic mass is 19.1. The Labute approximate surface area is 149 Å². The summed E-state index contributed by atoms with van der Waals surface area (Å²) in [4.78, 5) is 11.6. The third-order valence-corrected chi connectivity index (χ3v) is 4.54. The molecule has 4 rings (SSSR count). The first-order chi connectivity index (χ1) is 12.6. The molecule has 1 aromatic heterocycles. The van der Waals surface area contributed by atoms with E-state index >= 15 is 0 Å². The number of rotatable bonds is 4. The van der Waals surface area contributed by atoms with E-state index in [1.807, 2.05) is 36.4 Å². The van der Waals surface area contributed by atoms with Crippen LogP contribution in [-0.4, -0.2) is 22.8 Å². The number of hydrogen-bond donors (Lipinski definition) is 1. The molecule has 0 radical (unpaired) electrons. The fraction of sp³-hybridized carbons (Fsp3) is 0.0952. The molecule has 5 heteroatoms. The molecule has 0 unspecified atom stereocenters. The molecule has 1 heterocycles. The lowest BCUT2D eigenvalue weighted by Crippen LogP contribution is -1.99. The Hall–Kier alpha value is -3.34. The minimum atomic E-state index is -1.16. The molecule has 0 saturated heterocycles. The highest BCUT2D eigenvalue weighted by Crippen LogP contribution is 2.30. The summed E-state index contributed by atoms with van der Waals surface area (Å²) >= 11 is 0. The van der Waals surface area contributed by atoms with Gasteiger partial charge in [-0.25, -0.2) is 9.18 Å². The maximum atomic E-state index is 14.5. The van der Waals surface area contributed by atoms with Gasteiger partial charge in [-0.05, 0) is 22.4 Å². The highest BCUT2D eigenvalue weighted by Gasteiger charge is 2.19. The van der Waals surface area contributed by atoms with E-state index in [2.05, 4.69) is 6.07 Å². The summed E-state index contributed by atoms with van der Waals surface area (Å²) in [5.74, 6) is -1.41. The largest absolute Gasteiger partial charge is 0.497 e. The molecule has 0 aliphatic heterocycles. The zero-order valence-corrected chi connectivity index (χ0v) is 14.1. The van der Waals surface area contributed by atoms with Crippen molar-refractivity contribution in [3.05, 3.63) is 77.7 Å². The number of carbonyl (C=O) groups is 1. The van der Waals surface area contributed by atoms with Gasteiger partial charge in [0.2, 0.25) is 0 Å². The summed E-state index contributed by atoms with van der Waals surface area (Å²) in [6, 6.07) is 16.9. The summed E-state index contributed by atoms with van der Waals surface area (Å²) in [5.41, 5.74) is 1.44. The molecular formula is C21H16FNO3. The van der Waals surface area contributed by atoms with E-state index in [0.29, 0.717) is 17.8 Å². The van der Waals surface area contributed by atoms with Gasteiger partial charge in [0, 0.05) is 24.9 Å². The van der Waals surface area contributed by atoms with Crippen LogP contribution in [0.15, 0.2) is 60.8 Å². The molecule has 0 atom stereocenters. The standard InChI is InChI=1S/C21H16FNO3/c1-26-16-9-18(22)20-17(21(24)25)12-23(19(20)10-16)11-13-6-7-14-4-2-3-5-15(14)8-13/h2-10,12H,11H2,1H3,(H,24,25). The van der Waals surface area contributed by atoms with Gasteiger partial charge in [0.05, 0.1) is 23.6 Å². The van der Waals surface area contributed by atoms with E-state index in [-0.39, 0.29) is 10.9 Å². The lowest BCUT2D eigenvalue weighted by atomic mass is 10.1. The molecule has 0 spiro atoms. The molecule has 4 aromatic rings. The van der Waals surface area contributed by atoms with Crippen molar-refractivity contribution in [2.24, 2.45) is 0 Å². The van der Waals surface area contributed by atoms with Crippen molar-refractivity contribution in [2.75, 3.05) is 7.11 Å². The predicted molar refractivity (Wildman–Crippen MR) is 98.5 cm³/mol. The van der Waals surface area contributed by atoms with Crippen molar-refractivity contribution in [3.63, 3.8) is 0 Å². The van der Waals surface area contributed by atoms with Crippen LogP contribution in [0.2, 0.25) is 0 Å². The first kappa shape index (κ1) is 16.1. The third kappa shape index (κ3) is 2.67. The van der Waals surface area contributed by atoms with Gasteiger partial charge < -0.3 is 14.4 Å². The molecule has 1 N–H and O–H groups in total. The highest BCUT2D eigenvalue weighted by molar-refractivity contribution is 6.04. The fourth-order valence-corrected chi connectivity index (χ4v) is 3.30. The number of nitrogens with zero attached hydrogens (tertiary/aromatic N) is 1. The predicted octanol–water partition coefficient (Wildman–Crippen LogP) is 4.69. The maximum absolute atomic E-state index is 14.5. The summed E-state index contributed by atoms with van der Waals surface area (Å²) in [5, 5.41) is 11.8. The van der Waals surface area contributed by atoms with Gasteiger partial charge >= 0.3 is 5.97 Å². The van der Waals surface area contributed by atoms with Gasteiger partial charge in [-0.3, -0.25) is 0 Å². The van der Waals surface area contributed by atoms with Crippen LogP contribution in [0.5, 0.6) is 5.75 Å². The number of benzene rings is 3. The Balaban J connectivity index is 1.86. The zero-order chi connectivity index (χ0) is 18.3. The molecule has 26 heavy (non-hydrogen) atoms. The van der Waals surface area contributed by atoms with Crippen LogP contribution in [0.1, 0.15) is 15.9 Å². The SMILES string of the molecule is COc1cc(F)c2c(C(=O)O)cn(Cc3ccc4ccccc4c3)c2c1. The number of fused-ring (bicyclic) bond motifs is 2. The second-order valence-corrected chi connectivity index (χ2v) is 6.16. The number of aromatic nitrogens is 1. The Kier molecular flexibility index (Phi) is 3.84. The van der Waals surface area contributed by atoms with Crippen molar-refractivity contribution in [1.82, 2.24) is 4.57 Å². The molecule has 0 aliphatic carbocycles. The van der Waals surface area contributed by atoms with Crippen molar-refractivity contribution in [1.29, 1.82) is 0 Å². The van der Waals surface area contributed by atoms with Crippen LogP contribution in [0.25, 0.3) is 21.7 Å². The molecular weight excluding hydrogens is 333 g/mol. The molecule has 0 saturated carbocycles. The number of methoxy groups -OCH3 is 1. The van der Waals surface area contributed by atoms with Gasteiger partial charge in [0.1, 0.15) is 11.6 Å². The quantitative estimate of drug-likeness (QED) is 0.581. The number of halogens is 1. The van der Waals surface area contributed by atoms with Crippen LogP contribution >= 0.6 is 0 Å². The molecule has 0 fully saturated rings. The number of ether oxygens (including phenoxy) is 1. The smallest absolute Gasteiger partial charge is 0.337 e. The summed E-state index contributed by atoms with van der Waals surface area (Å²) < 4.78 is 21.3. The van der Waals surface area contributed by atoms with E-state index < -0.39 is 11.8 Å². The van der Waals surface area contributed by atoms with Crippen molar-refractivity contribution >= 4 is 27.6 Å².